The van der Waals surface area contributed by atoms with E-state index in [2.05, 4.69) is 19.6 Å². The monoisotopic (exact) mass is 272 g/mol. The number of piperazine rings is 1. The Morgan fingerprint density at radius 3 is 2.17 bits per heavy atom. The summed E-state index contributed by atoms with van der Waals surface area (Å²) in [6, 6.07) is 0. The average Bonchev–Trinajstić information content (AvgIpc) is 2.32. The summed E-state index contributed by atoms with van der Waals surface area (Å²) in [5.74, 6) is 1.59. The van der Waals surface area contributed by atoms with Gasteiger partial charge in [0.05, 0.1) is 13.1 Å². The van der Waals surface area contributed by atoms with Crippen molar-refractivity contribution in [3.05, 3.63) is 0 Å². The highest BCUT2D eigenvalue weighted by Crippen LogP contribution is 2.12. The van der Waals surface area contributed by atoms with Crippen LogP contribution in [0, 0.1) is 5.92 Å². The van der Waals surface area contributed by atoms with Crippen molar-refractivity contribution < 1.29 is 9.59 Å². The van der Waals surface area contributed by atoms with Crippen LogP contribution in [0.4, 0.5) is 0 Å². The van der Waals surface area contributed by atoms with E-state index >= 15 is 0 Å². The second-order valence-corrected chi connectivity index (χ2v) is 5.48. The van der Waals surface area contributed by atoms with Crippen LogP contribution in [0.2, 0.25) is 0 Å². The van der Waals surface area contributed by atoms with E-state index in [1.807, 2.05) is 6.92 Å². The van der Waals surface area contributed by atoms with Crippen molar-refractivity contribution in [3.8, 4) is 0 Å². The minimum Gasteiger partial charge on any atom is -0.332 e. The first-order valence-electron chi connectivity index (χ1n) is 6.74. The van der Waals surface area contributed by atoms with Crippen LogP contribution in [0.1, 0.15) is 33.1 Å². The molecule has 2 amide bonds. The van der Waals surface area contributed by atoms with E-state index in [0.29, 0.717) is 19.0 Å². The lowest BCUT2D eigenvalue weighted by molar-refractivity contribution is -0.150. The first-order valence-corrected chi connectivity index (χ1v) is 7.38. The molecule has 1 unspecified atom stereocenters. The SMILES string of the molecule is CCCN1CC(=O)N(CCC(C)CCS)CC1=O. The Morgan fingerprint density at radius 2 is 1.67 bits per heavy atom. The third-order valence-corrected chi connectivity index (χ3v) is 3.62. The predicted octanol–water partition coefficient (Wildman–Crippen LogP) is 1.41. The lowest BCUT2D eigenvalue weighted by Crippen LogP contribution is -2.54. The molecule has 104 valence electrons. The van der Waals surface area contributed by atoms with Gasteiger partial charge < -0.3 is 9.80 Å². The number of amides is 2. The van der Waals surface area contributed by atoms with Crippen molar-refractivity contribution in [3.63, 3.8) is 0 Å². The van der Waals surface area contributed by atoms with Gasteiger partial charge in [0.25, 0.3) is 0 Å². The molecule has 0 aromatic heterocycles. The number of carbonyl (C=O) groups excluding carboxylic acids is 2. The first-order chi connectivity index (χ1) is 8.58. The number of nitrogens with zero attached hydrogens (tertiary/aromatic N) is 2. The molecule has 4 nitrogen and oxygen atoms in total. The molecule has 0 aromatic carbocycles. The smallest absolute Gasteiger partial charge is 0.242 e. The molecule has 0 N–H and O–H groups in total. The van der Waals surface area contributed by atoms with Crippen molar-refractivity contribution in [1.29, 1.82) is 0 Å². The minimum absolute atomic E-state index is 0.0818. The van der Waals surface area contributed by atoms with Crippen molar-refractivity contribution in [1.82, 2.24) is 9.80 Å². The van der Waals surface area contributed by atoms with Crippen LogP contribution in [0.3, 0.4) is 0 Å². The summed E-state index contributed by atoms with van der Waals surface area (Å²) in [4.78, 5) is 27.1. The molecule has 1 aliphatic rings. The summed E-state index contributed by atoms with van der Waals surface area (Å²) in [5, 5.41) is 0. The summed E-state index contributed by atoms with van der Waals surface area (Å²) in [5.41, 5.74) is 0. The maximum absolute atomic E-state index is 11.9. The van der Waals surface area contributed by atoms with E-state index in [9.17, 15) is 9.59 Å². The fourth-order valence-electron chi connectivity index (χ4n) is 2.12. The van der Waals surface area contributed by atoms with Gasteiger partial charge >= 0.3 is 0 Å². The summed E-state index contributed by atoms with van der Waals surface area (Å²) in [6.45, 7) is 6.08. The molecule has 0 spiro atoms. The zero-order chi connectivity index (χ0) is 13.5. The highest BCUT2D eigenvalue weighted by Gasteiger charge is 2.28. The third kappa shape index (κ3) is 4.52. The zero-order valence-electron chi connectivity index (χ0n) is 11.4. The normalized spacial score (nSPS) is 18.4. The Kier molecular flexibility index (Phi) is 6.54. The average molecular weight is 272 g/mol. The van der Waals surface area contributed by atoms with E-state index in [0.717, 1.165) is 25.0 Å². The fraction of sp³-hybridized carbons (Fsp3) is 0.846. The summed E-state index contributed by atoms with van der Waals surface area (Å²) in [7, 11) is 0. The van der Waals surface area contributed by atoms with Gasteiger partial charge in [-0.2, -0.15) is 12.6 Å². The Bertz CT molecular complexity index is 297. The van der Waals surface area contributed by atoms with E-state index in [1.165, 1.54) is 0 Å². The van der Waals surface area contributed by atoms with Gasteiger partial charge in [0.15, 0.2) is 0 Å². The van der Waals surface area contributed by atoms with Crippen LogP contribution in [0.25, 0.3) is 0 Å². The number of hydrogen-bond donors (Lipinski definition) is 1. The molecule has 18 heavy (non-hydrogen) atoms. The lowest BCUT2D eigenvalue weighted by Gasteiger charge is -2.34. The molecule has 0 radical (unpaired) electrons. The fourth-order valence-corrected chi connectivity index (χ4v) is 2.56. The van der Waals surface area contributed by atoms with Crippen molar-refractivity contribution in [2.45, 2.75) is 33.1 Å². The van der Waals surface area contributed by atoms with Gasteiger partial charge in [-0.25, -0.2) is 0 Å². The zero-order valence-corrected chi connectivity index (χ0v) is 12.3. The minimum atomic E-state index is 0.0818. The van der Waals surface area contributed by atoms with E-state index in [-0.39, 0.29) is 24.9 Å². The second kappa shape index (κ2) is 7.67. The molecular weight excluding hydrogens is 248 g/mol. The Morgan fingerprint density at radius 1 is 1.11 bits per heavy atom. The van der Waals surface area contributed by atoms with Gasteiger partial charge in [0, 0.05) is 13.1 Å². The van der Waals surface area contributed by atoms with E-state index in [4.69, 9.17) is 0 Å². The molecule has 0 saturated carbocycles. The number of hydrogen-bond acceptors (Lipinski definition) is 3. The van der Waals surface area contributed by atoms with E-state index in [1.54, 1.807) is 9.80 Å². The lowest BCUT2D eigenvalue weighted by atomic mass is 10.0. The van der Waals surface area contributed by atoms with Crippen LogP contribution >= 0.6 is 12.6 Å². The highest BCUT2D eigenvalue weighted by molar-refractivity contribution is 7.80. The van der Waals surface area contributed by atoms with Gasteiger partial charge in [0.1, 0.15) is 0 Å². The number of carbonyl (C=O) groups is 2. The molecule has 5 heteroatoms. The summed E-state index contributed by atoms with van der Waals surface area (Å²) < 4.78 is 0. The molecule has 1 saturated heterocycles. The molecule has 1 atom stereocenters. The van der Waals surface area contributed by atoms with Crippen molar-refractivity contribution in [2.75, 3.05) is 31.9 Å². The molecule has 1 rings (SSSR count). The molecular formula is C13H24N2O2S. The second-order valence-electron chi connectivity index (χ2n) is 5.04. The van der Waals surface area contributed by atoms with Gasteiger partial charge in [-0.3, -0.25) is 9.59 Å². The molecule has 0 bridgehead atoms. The van der Waals surface area contributed by atoms with Crippen LogP contribution in [-0.4, -0.2) is 53.5 Å². The maximum atomic E-state index is 11.9. The Hall–Kier alpha value is -0.710. The molecule has 1 aliphatic heterocycles. The van der Waals surface area contributed by atoms with Gasteiger partial charge in [-0.15, -0.1) is 0 Å². The number of rotatable bonds is 7. The highest BCUT2D eigenvalue weighted by atomic mass is 32.1. The third-order valence-electron chi connectivity index (χ3n) is 3.36. The van der Waals surface area contributed by atoms with Crippen LogP contribution in [0.5, 0.6) is 0 Å². The summed E-state index contributed by atoms with van der Waals surface area (Å²) in [6.07, 6.45) is 2.91. The van der Waals surface area contributed by atoms with Crippen LogP contribution in [-0.2, 0) is 9.59 Å². The largest absolute Gasteiger partial charge is 0.332 e. The number of thiol groups is 1. The van der Waals surface area contributed by atoms with Gasteiger partial charge in [-0.1, -0.05) is 13.8 Å². The van der Waals surface area contributed by atoms with Gasteiger partial charge in [0.2, 0.25) is 11.8 Å². The first kappa shape index (κ1) is 15.3. The van der Waals surface area contributed by atoms with Gasteiger partial charge in [-0.05, 0) is 30.9 Å². The molecule has 1 heterocycles. The maximum Gasteiger partial charge on any atom is 0.242 e. The van der Waals surface area contributed by atoms with Crippen molar-refractivity contribution >= 4 is 24.4 Å². The standard InChI is InChI=1S/C13H24N2O2S/c1-3-6-14-9-13(17)15(10-12(14)16)7-4-11(2)5-8-18/h11,18H,3-10H2,1-2H3. The topological polar surface area (TPSA) is 40.6 Å². The summed E-state index contributed by atoms with van der Waals surface area (Å²) >= 11 is 4.21. The molecule has 0 aromatic rings. The van der Waals surface area contributed by atoms with Crippen LogP contribution in [0.15, 0.2) is 0 Å². The Balaban J connectivity index is 2.40. The predicted molar refractivity (Wildman–Crippen MR) is 75.7 cm³/mol. The van der Waals surface area contributed by atoms with Crippen LogP contribution < -0.4 is 0 Å². The van der Waals surface area contributed by atoms with E-state index < -0.39 is 0 Å². The molecule has 1 fully saturated rings. The quantitative estimate of drug-likeness (QED) is 0.712. The Labute approximate surface area is 115 Å². The molecule has 0 aliphatic carbocycles. The van der Waals surface area contributed by atoms with Crippen molar-refractivity contribution in [2.24, 2.45) is 5.92 Å².